The van der Waals surface area contributed by atoms with Crippen molar-refractivity contribution in [1.82, 2.24) is 19.4 Å². The van der Waals surface area contributed by atoms with E-state index in [1.807, 2.05) is 38.1 Å². The summed E-state index contributed by atoms with van der Waals surface area (Å²) in [4.78, 5) is 51.5. The predicted octanol–water partition coefficient (Wildman–Crippen LogP) is 3.50. The van der Waals surface area contributed by atoms with Crippen LogP contribution < -0.4 is 10.6 Å². The summed E-state index contributed by atoms with van der Waals surface area (Å²) in [6.07, 6.45) is 4.35. The van der Waals surface area contributed by atoms with Crippen LogP contribution in [0.15, 0.2) is 48.8 Å². The number of anilines is 2. The summed E-state index contributed by atoms with van der Waals surface area (Å²) in [7, 11) is 3.38. The minimum absolute atomic E-state index is 0.0898. The van der Waals surface area contributed by atoms with Crippen molar-refractivity contribution in [3.8, 4) is 0 Å². The number of amides is 3. The average molecular weight is 523 g/mol. The van der Waals surface area contributed by atoms with Crippen LogP contribution in [-0.2, 0) is 27.9 Å². The van der Waals surface area contributed by atoms with E-state index in [2.05, 4.69) is 9.97 Å². The number of nitrogens with two attached hydrogens (primary N) is 1. The number of carbonyl (C=O) groups is 3. The van der Waals surface area contributed by atoms with Crippen molar-refractivity contribution in [3.63, 3.8) is 0 Å². The van der Waals surface area contributed by atoms with Gasteiger partial charge in [0.2, 0.25) is 17.8 Å². The first-order valence-corrected chi connectivity index (χ1v) is 12.6. The van der Waals surface area contributed by atoms with Gasteiger partial charge in [-0.15, -0.1) is 0 Å². The molecule has 1 saturated heterocycles. The summed E-state index contributed by atoms with van der Waals surface area (Å²) >= 11 is 6.17. The van der Waals surface area contributed by atoms with Gasteiger partial charge in [0.1, 0.15) is 11.9 Å². The Hall–Kier alpha value is -3.72. The topological polar surface area (TPSA) is 114 Å². The Kier molecular flexibility index (Phi) is 7.63. The van der Waals surface area contributed by atoms with Crippen molar-refractivity contribution in [1.29, 1.82) is 0 Å². The normalized spacial score (nSPS) is 17.9. The number of nitrogen functional groups attached to an aromatic ring is 1. The highest BCUT2D eigenvalue weighted by Crippen LogP contribution is 2.35. The summed E-state index contributed by atoms with van der Waals surface area (Å²) in [6, 6.07) is 9.95. The number of aryl methyl sites for hydroxylation is 2. The fourth-order valence-electron chi connectivity index (χ4n) is 4.99. The smallest absolute Gasteiger partial charge is 0.253 e. The molecule has 0 radical (unpaired) electrons. The Labute approximate surface area is 221 Å². The molecule has 0 saturated carbocycles. The molecule has 0 unspecified atom stereocenters. The maximum Gasteiger partial charge on any atom is 0.253 e. The van der Waals surface area contributed by atoms with Crippen molar-refractivity contribution in [2.45, 2.75) is 45.1 Å². The van der Waals surface area contributed by atoms with Gasteiger partial charge in [0.15, 0.2) is 0 Å². The lowest BCUT2D eigenvalue weighted by Crippen LogP contribution is -2.69. The molecule has 2 N–H and O–H groups in total. The summed E-state index contributed by atoms with van der Waals surface area (Å²) in [6.45, 7) is 3.80. The van der Waals surface area contributed by atoms with E-state index in [-0.39, 0.29) is 36.5 Å². The Morgan fingerprint density at radius 2 is 2.00 bits per heavy atom. The number of hydrogen-bond acceptors (Lipinski definition) is 6. The molecular formula is C27H31ClN6O3. The highest BCUT2D eigenvalue weighted by molar-refractivity contribution is 6.30. The molecule has 0 aliphatic carbocycles. The molecule has 194 valence electrons. The van der Waals surface area contributed by atoms with Gasteiger partial charge in [-0.3, -0.25) is 24.2 Å². The predicted molar refractivity (Wildman–Crippen MR) is 142 cm³/mol. The van der Waals surface area contributed by atoms with Crippen LogP contribution in [-0.4, -0.2) is 50.2 Å². The third kappa shape index (κ3) is 5.36. The number of rotatable bonds is 8. The van der Waals surface area contributed by atoms with Gasteiger partial charge < -0.3 is 10.3 Å². The molecule has 37 heavy (non-hydrogen) atoms. The number of aromatic nitrogens is 3. The third-order valence-corrected chi connectivity index (χ3v) is 7.12. The first kappa shape index (κ1) is 26.3. The molecule has 3 aromatic rings. The number of benzene rings is 1. The maximum atomic E-state index is 13.7. The van der Waals surface area contributed by atoms with E-state index < -0.39 is 12.0 Å². The van der Waals surface area contributed by atoms with E-state index in [4.69, 9.17) is 17.3 Å². The maximum absolute atomic E-state index is 13.7. The fraction of sp³-hybridized carbons (Fsp3) is 0.370. The van der Waals surface area contributed by atoms with Crippen molar-refractivity contribution in [2.75, 3.05) is 17.7 Å². The summed E-state index contributed by atoms with van der Waals surface area (Å²) < 4.78 is 1.71. The Morgan fingerprint density at radius 3 is 2.62 bits per heavy atom. The highest BCUT2D eigenvalue weighted by Gasteiger charge is 2.55. The first-order chi connectivity index (χ1) is 17.6. The number of nitrogens with zero attached hydrogens (tertiary/aromatic N) is 5. The molecule has 0 bridgehead atoms. The zero-order valence-corrected chi connectivity index (χ0v) is 22.1. The van der Waals surface area contributed by atoms with Crippen LogP contribution in [0.2, 0.25) is 5.02 Å². The van der Waals surface area contributed by atoms with Gasteiger partial charge in [0.05, 0.1) is 5.92 Å². The third-order valence-electron chi connectivity index (χ3n) is 6.88. The van der Waals surface area contributed by atoms with Crippen molar-refractivity contribution in [3.05, 3.63) is 70.6 Å². The minimum Gasteiger partial charge on any atom is -0.384 e. The molecule has 3 atom stereocenters. The summed E-state index contributed by atoms with van der Waals surface area (Å²) in [5.74, 6) is -1.20. The van der Waals surface area contributed by atoms with E-state index in [1.165, 1.54) is 4.90 Å². The number of likely N-dealkylation sites (tertiary alicyclic amines) is 1. The van der Waals surface area contributed by atoms with E-state index in [9.17, 15) is 14.4 Å². The minimum atomic E-state index is -0.951. The van der Waals surface area contributed by atoms with Gasteiger partial charge in [-0.25, -0.2) is 9.97 Å². The molecule has 10 heteroatoms. The highest BCUT2D eigenvalue weighted by atomic mass is 35.5. The first-order valence-electron chi connectivity index (χ1n) is 12.2. The van der Waals surface area contributed by atoms with Crippen LogP contribution in [0, 0.1) is 12.8 Å². The van der Waals surface area contributed by atoms with E-state index in [0.717, 1.165) is 21.7 Å². The quantitative estimate of drug-likeness (QED) is 0.453. The molecule has 3 heterocycles. The lowest BCUT2D eigenvalue weighted by molar-refractivity contribution is -0.170. The SMILES string of the molecule is CC[C@@H](CC(=O)N1C(=O)[C@H](Cc2cc(C)nc(N)c2)[C@H]1C(=O)N(C)c1nccn1C)c1cccc(Cl)c1. The molecular weight excluding hydrogens is 492 g/mol. The van der Waals surface area contributed by atoms with Crippen molar-refractivity contribution >= 4 is 41.1 Å². The Morgan fingerprint density at radius 1 is 1.24 bits per heavy atom. The number of imidazole rings is 1. The average Bonchev–Trinajstić information content (AvgIpc) is 3.28. The molecule has 4 rings (SSSR count). The molecule has 2 aromatic heterocycles. The fourth-order valence-corrected chi connectivity index (χ4v) is 5.19. The van der Waals surface area contributed by atoms with Gasteiger partial charge in [0.25, 0.3) is 5.91 Å². The molecule has 1 aliphatic heterocycles. The monoisotopic (exact) mass is 522 g/mol. The lowest BCUT2D eigenvalue weighted by atomic mass is 9.80. The van der Waals surface area contributed by atoms with Crippen LogP contribution in [0.3, 0.4) is 0 Å². The number of likely N-dealkylation sites (N-methyl/N-ethyl adjacent to an activating group) is 1. The van der Waals surface area contributed by atoms with Gasteiger partial charge in [-0.2, -0.15) is 0 Å². The second-order valence-electron chi connectivity index (χ2n) is 9.50. The number of β-lactam (4-membered cyclic amide) rings is 1. The molecule has 1 aliphatic rings. The van der Waals surface area contributed by atoms with Crippen LogP contribution in [0.4, 0.5) is 11.8 Å². The van der Waals surface area contributed by atoms with Gasteiger partial charge in [-0.05, 0) is 61.1 Å². The van der Waals surface area contributed by atoms with Gasteiger partial charge >= 0.3 is 0 Å². The molecule has 1 fully saturated rings. The second kappa shape index (κ2) is 10.7. The molecule has 0 spiro atoms. The molecule has 3 amide bonds. The van der Waals surface area contributed by atoms with Crippen LogP contribution >= 0.6 is 11.6 Å². The van der Waals surface area contributed by atoms with E-state index >= 15 is 0 Å². The lowest BCUT2D eigenvalue weighted by Gasteiger charge is -2.46. The number of halogens is 1. The zero-order valence-electron chi connectivity index (χ0n) is 21.4. The van der Waals surface area contributed by atoms with E-state index in [0.29, 0.717) is 23.2 Å². The molecule has 9 nitrogen and oxygen atoms in total. The standard InChI is InChI=1S/C27H31ClN6O3/c1-5-18(19-7-6-8-20(28)14-19)15-23(35)34-24(26(37)33(4)27-30-9-10-32(27)3)21(25(34)36)12-17-11-16(2)31-22(29)13-17/h6-11,13-14,18,21,24H,5,12,15H2,1-4H3,(H2,29,31)/t18-,21+,24-/m0/s1. The van der Waals surface area contributed by atoms with Gasteiger partial charge in [-0.1, -0.05) is 30.7 Å². The van der Waals surface area contributed by atoms with Crippen LogP contribution in [0.1, 0.15) is 42.5 Å². The summed E-state index contributed by atoms with van der Waals surface area (Å²) in [5.41, 5.74) is 8.34. The largest absolute Gasteiger partial charge is 0.384 e. The number of carbonyl (C=O) groups excluding carboxylic acids is 3. The van der Waals surface area contributed by atoms with Crippen molar-refractivity contribution in [2.24, 2.45) is 13.0 Å². The van der Waals surface area contributed by atoms with Gasteiger partial charge in [0, 0.05) is 43.6 Å². The number of imide groups is 1. The summed E-state index contributed by atoms with van der Waals surface area (Å²) in [5, 5.41) is 0.583. The Balaban J connectivity index is 1.62. The van der Waals surface area contributed by atoms with Crippen LogP contribution in [0.5, 0.6) is 0 Å². The number of hydrogen-bond donors (Lipinski definition) is 1. The Bertz CT molecular complexity index is 1320. The second-order valence-corrected chi connectivity index (χ2v) is 9.94. The molecule has 1 aromatic carbocycles. The number of pyridine rings is 1. The van der Waals surface area contributed by atoms with Crippen molar-refractivity contribution < 1.29 is 14.4 Å². The zero-order chi connectivity index (χ0) is 26.9. The van der Waals surface area contributed by atoms with E-state index in [1.54, 1.807) is 43.2 Å². The van der Waals surface area contributed by atoms with Crippen LogP contribution in [0.25, 0.3) is 0 Å².